The number of nitrogens with zero attached hydrogens (tertiary/aromatic N) is 5. The van der Waals surface area contributed by atoms with E-state index in [0.717, 1.165) is 60.3 Å². The van der Waals surface area contributed by atoms with Crippen LogP contribution in [-0.2, 0) is 30.8 Å². The van der Waals surface area contributed by atoms with Gasteiger partial charge < -0.3 is 9.72 Å². The van der Waals surface area contributed by atoms with E-state index in [4.69, 9.17) is 4.74 Å². The summed E-state index contributed by atoms with van der Waals surface area (Å²) in [6.07, 6.45) is 3.14. The number of tetrazole rings is 1. The summed E-state index contributed by atoms with van der Waals surface area (Å²) in [5.74, 6) is 0.789. The Morgan fingerprint density at radius 3 is 2.80 bits per heavy atom. The van der Waals surface area contributed by atoms with E-state index in [1.165, 1.54) is 11.1 Å². The van der Waals surface area contributed by atoms with Gasteiger partial charge in [-0.1, -0.05) is 42.0 Å². The minimum absolute atomic E-state index is 0.0480. The fourth-order valence-corrected chi connectivity index (χ4v) is 4.90. The van der Waals surface area contributed by atoms with Gasteiger partial charge in [-0.25, -0.2) is 4.68 Å². The van der Waals surface area contributed by atoms with Crippen LogP contribution < -0.4 is 5.56 Å². The third-order valence-electron chi connectivity index (χ3n) is 6.70. The van der Waals surface area contributed by atoms with Crippen LogP contribution in [0, 0.1) is 13.8 Å². The van der Waals surface area contributed by atoms with Crippen molar-refractivity contribution in [2.45, 2.75) is 58.8 Å². The van der Waals surface area contributed by atoms with Crippen LogP contribution in [0.25, 0.3) is 10.9 Å². The molecule has 0 spiro atoms. The first-order chi connectivity index (χ1) is 17.0. The van der Waals surface area contributed by atoms with Gasteiger partial charge in [0.2, 0.25) is 0 Å². The number of H-pyrrole nitrogens is 1. The quantitative estimate of drug-likeness (QED) is 0.401. The third kappa shape index (κ3) is 5.66. The molecule has 4 aromatic rings. The number of ether oxygens (including phenoxy) is 1. The molecule has 0 bridgehead atoms. The second kappa shape index (κ2) is 10.5. The van der Waals surface area contributed by atoms with Crippen molar-refractivity contribution in [2.24, 2.45) is 0 Å². The van der Waals surface area contributed by atoms with Crippen LogP contribution in [0.5, 0.6) is 0 Å². The maximum atomic E-state index is 13.0. The molecule has 1 saturated heterocycles. The molecule has 2 aromatic carbocycles. The minimum Gasteiger partial charge on any atom is -0.376 e. The van der Waals surface area contributed by atoms with Crippen molar-refractivity contribution in [3.8, 4) is 0 Å². The molecule has 0 unspecified atom stereocenters. The predicted molar refractivity (Wildman–Crippen MR) is 135 cm³/mol. The number of aryl methyl sites for hydroxylation is 2. The fraction of sp³-hybridized carbons (Fsp3) is 0.407. The van der Waals surface area contributed by atoms with E-state index in [0.29, 0.717) is 19.6 Å². The molecule has 0 saturated carbocycles. The van der Waals surface area contributed by atoms with Gasteiger partial charge >= 0.3 is 0 Å². The fourth-order valence-electron chi connectivity index (χ4n) is 4.90. The van der Waals surface area contributed by atoms with Crippen LogP contribution in [0.3, 0.4) is 0 Å². The van der Waals surface area contributed by atoms with Crippen molar-refractivity contribution in [1.29, 1.82) is 0 Å². The lowest BCUT2D eigenvalue weighted by atomic mass is 10.0. The number of aromatic nitrogens is 5. The van der Waals surface area contributed by atoms with Crippen LogP contribution in [0.2, 0.25) is 0 Å². The monoisotopic (exact) mass is 472 g/mol. The van der Waals surface area contributed by atoms with Crippen LogP contribution in [0.1, 0.15) is 40.9 Å². The Bertz CT molecular complexity index is 1340. The number of nitrogens with one attached hydrogen (secondary N) is 1. The van der Waals surface area contributed by atoms with Gasteiger partial charge in [0.1, 0.15) is 0 Å². The lowest BCUT2D eigenvalue weighted by molar-refractivity contribution is 0.0916. The maximum absolute atomic E-state index is 13.0. The highest BCUT2D eigenvalue weighted by atomic mass is 16.5. The van der Waals surface area contributed by atoms with E-state index in [1.54, 1.807) is 0 Å². The molecular formula is C27H32N6O2. The van der Waals surface area contributed by atoms with E-state index in [2.05, 4.69) is 68.7 Å². The summed E-state index contributed by atoms with van der Waals surface area (Å²) in [6.45, 7) is 7.41. The molecule has 8 heteroatoms. The van der Waals surface area contributed by atoms with E-state index in [1.807, 2.05) is 23.7 Å². The Balaban J connectivity index is 1.40. The third-order valence-corrected chi connectivity index (χ3v) is 6.70. The molecule has 8 nitrogen and oxygen atoms in total. The second-order valence-electron chi connectivity index (χ2n) is 9.53. The van der Waals surface area contributed by atoms with Crippen LogP contribution in [-0.4, -0.2) is 49.3 Å². The number of pyridine rings is 1. The Labute approximate surface area is 204 Å². The van der Waals surface area contributed by atoms with Crippen LogP contribution in [0.15, 0.2) is 53.3 Å². The summed E-state index contributed by atoms with van der Waals surface area (Å²) in [6, 6.07) is 16.7. The molecule has 2 aromatic heterocycles. The topological polar surface area (TPSA) is 88.9 Å². The Morgan fingerprint density at radius 2 is 2.00 bits per heavy atom. The summed E-state index contributed by atoms with van der Waals surface area (Å²) < 4.78 is 7.64. The standard InChI is InChI=1S/C27H32N6O2/c1-19-13-20(2)26-22(14-19)15-23(27(34)28-26)16-32(11-10-21-7-4-3-5-8-21)18-25-29-30-31-33(25)17-24-9-6-12-35-24/h3-5,7-8,13-15,24H,6,9-12,16-18H2,1-2H3,(H,28,34)/t24-/m1/s1. The van der Waals surface area contributed by atoms with Gasteiger partial charge in [0.05, 0.1) is 24.7 Å². The molecule has 0 amide bonds. The average Bonchev–Trinajstić information content (AvgIpc) is 3.52. The van der Waals surface area contributed by atoms with Crippen LogP contribution >= 0.6 is 0 Å². The molecule has 1 aliphatic heterocycles. The first-order valence-electron chi connectivity index (χ1n) is 12.3. The van der Waals surface area contributed by atoms with Gasteiger partial charge in [-0.05, 0) is 72.2 Å². The molecule has 1 N–H and O–H groups in total. The SMILES string of the molecule is Cc1cc(C)c2[nH]c(=O)c(CN(CCc3ccccc3)Cc3nnnn3C[C@H]3CCCO3)cc2c1. The van der Waals surface area contributed by atoms with Crippen molar-refractivity contribution in [2.75, 3.05) is 13.2 Å². The molecule has 35 heavy (non-hydrogen) atoms. The number of fused-ring (bicyclic) bond motifs is 1. The van der Waals surface area contributed by atoms with E-state index < -0.39 is 0 Å². The van der Waals surface area contributed by atoms with Gasteiger partial charge in [0.15, 0.2) is 5.82 Å². The number of rotatable bonds is 9. The zero-order chi connectivity index (χ0) is 24.2. The zero-order valence-corrected chi connectivity index (χ0v) is 20.4. The highest BCUT2D eigenvalue weighted by Gasteiger charge is 2.20. The lowest BCUT2D eigenvalue weighted by Crippen LogP contribution is -2.30. The smallest absolute Gasteiger partial charge is 0.252 e. The number of aromatic amines is 1. The number of hydrogen-bond acceptors (Lipinski definition) is 6. The van der Waals surface area contributed by atoms with Gasteiger partial charge in [-0.15, -0.1) is 5.10 Å². The molecule has 1 fully saturated rings. The van der Waals surface area contributed by atoms with Gasteiger partial charge in [-0.2, -0.15) is 0 Å². The average molecular weight is 473 g/mol. The second-order valence-corrected chi connectivity index (χ2v) is 9.53. The van der Waals surface area contributed by atoms with Crippen molar-refractivity contribution >= 4 is 10.9 Å². The summed E-state index contributed by atoms with van der Waals surface area (Å²) in [5, 5.41) is 13.5. The summed E-state index contributed by atoms with van der Waals surface area (Å²) in [5.41, 5.74) is 5.12. The molecule has 3 heterocycles. The van der Waals surface area contributed by atoms with Crippen molar-refractivity contribution in [1.82, 2.24) is 30.1 Å². The molecular weight excluding hydrogens is 440 g/mol. The Hall–Kier alpha value is -3.36. The Kier molecular flexibility index (Phi) is 7.01. The van der Waals surface area contributed by atoms with Crippen molar-refractivity contribution in [3.05, 3.63) is 87.0 Å². The largest absolute Gasteiger partial charge is 0.376 e. The summed E-state index contributed by atoms with van der Waals surface area (Å²) in [7, 11) is 0. The molecule has 1 aliphatic rings. The minimum atomic E-state index is -0.0480. The first-order valence-corrected chi connectivity index (χ1v) is 12.3. The van der Waals surface area contributed by atoms with Crippen LogP contribution in [0.4, 0.5) is 0 Å². The molecule has 0 aliphatic carbocycles. The zero-order valence-electron chi connectivity index (χ0n) is 20.4. The van der Waals surface area contributed by atoms with Gasteiger partial charge in [0.25, 0.3) is 5.56 Å². The maximum Gasteiger partial charge on any atom is 0.252 e. The summed E-state index contributed by atoms with van der Waals surface area (Å²) in [4.78, 5) is 18.4. The van der Waals surface area contributed by atoms with E-state index in [-0.39, 0.29) is 11.7 Å². The van der Waals surface area contributed by atoms with Gasteiger partial charge in [-0.3, -0.25) is 9.69 Å². The van der Waals surface area contributed by atoms with E-state index in [9.17, 15) is 4.79 Å². The normalized spacial score (nSPS) is 15.9. The highest BCUT2D eigenvalue weighted by Crippen LogP contribution is 2.19. The van der Waals surface area contributed by atoms with Gasteiger partial charge in [0, 0.05) is 25.3 Å². The summed E-state index contributed by atoms with van der Waals surface area (Å²) >= 11 is 0. The molecule has 5 rings (SSSR count). The number of benzene rings is 2. The van der Waals surface area contributed by atoms with Crippen molar-refractivity contribution in [3.63, 3.8) is 0 Å². The number of hydrogen-bond donors (Lipinski definition) is 1. The lowest BCUT2D eigenvalue weighted by Gasteiger charge is -2.22. The highest BCUT2D eigenvalue weighted by molar-refractivity contribution is 5.82. The Morgan fingerprint density at radius 1 is 1.14 bits per heavy atom. The van der Waals surface area contributed by atoms with Crippen molar-refractivity contribution < 1.29 is 4.74 Å². The van der Waals surface area contributed by atoms with E-state index >= 15 is 0 Å². The molecule has 0 radical (unpaired) electrons. The molecule has 182 valence electrons. The predicted octanol–water partition coefficient (Wildman–Crippen LogP) is 3.56. The first kappa shape index (κ1) is 23.4. The molecule has 1 atom stereocenters.